The van der Waals surface area contributed by atoms with E-state index in [1.807, 2.05) is 44.2 Å². The smallest absolute Gasteiger partial charge is 0.244 e. The first-order chi connectivity index (χ1) is 16.1. The number of benzene rings is 2. The average molecular weight is 529 g/mol. The summed E-state index contributed by atoms with van der Waals surface area (Å²) in [4.78, 5) is 27.8. The molecule has 0 saturated carbocycles. The Balaban J connectivity index is 2.36. The normalized spacial score (nSPS) is 12.1. The number of carbonyl (C=O) groups is 2. The first-order valence-electron chi connectivity index (χ1n) is 11.1. The highest BCUT2D eigenvalue weighted by Crippen LogP contribution is 2.28. The maximum absolute atomic E-state index is 13.5. The van der Waals surface area contributed by atoms with Crippen molar-refractivity contribution in [3.05, 3.63) is 64.1 Å². The fraction of sp³-hybridized carbons (Fsp3) is 0.417. The van der Waals surface area contributed by atoms with E-state index in [1.54, 1.807) is 0 Å². The van der Waals surface area contributed by atoms with Crippen LogP contribution in [0.5, 0.6) is 0 Å². The topological polar surface area (TPSA) is 86.8 Å². The highest BCUT2D eigenvalue weighted by atomic mass is 35.5. The molecule has 0 aliphatic heterocycles. The van der Waals surface area contributed by atoms with Crippen molar-refractivity contribution in [1.29, 1.82) is 0 Å². The zero-order valence-corrected chi connectivity index (χ0v) is 22.0. The molecule has 186 valence electrons. The van der Waals surface area contributed by atoms with Gasteiger partial charge in [0.25, 0.3) is 0 Å². The molecule has 0 spiro atoms. The number of rotatable bonds is 12. The van der Waals surface area contributed by atoms with E-state index < -0.39 is 28.5 Å². The maximum atomic E-state index is 13.5. The van der Waals surface area contributed by atoms with Crippen LogP contribution >= 0.6 is 23.2 Å². The van der Waals surface area contributed by atoms with Crippen LogP contribution in [0.3, 0.4) is 0 Å². The van der Waals surface area contributed by atoms with E-state index in [4.69, 9.17) is 23.2 Å². The first kappa shape index (κ1) is 28.0. The van der Waals surface area contributed by atoms with Gasteiger partial charge in [0.05, 0.1) is 22.0 Å². The Morgan fingerprint density at radius 1 is 1.03 bits per heavy atom. The third-order valence-corrected chi connectivity index (χ3v) is 7.17. The molecule has 0 saturated heterocycles. The fourth-order valence-electron chi connectivity index (χ4n) is 3.52. The lowest BCUT2D eigenvalue weighted by Gasteiger charge is -2.33. The molecule has 34 heavy (non-hydrogen) atoms. The summed E-state index contributed by atoms with van der Waals surface area (Å²) in [6.07, 6.45) is 2.69. The predicted octanol–water partition coefficient (Wildman–Crippen LogP) is 4.14. The Kier molecular flexibility index (Phi) is 10.7. The van der Waals surface area contributed by atoms with E-state index in [1.165, 1.54) is 23.1 Å². The van der Waals surface area contributed by atoms with E-state index in [0.29, 0.717) is 19.4 Å². The van der Waals surface area contributed by atoms with Gasteiger partial charge in [0, 0.05) is 13.1 Å². The van der Waals surface area contributed by atoms with Crippen molar-refractivity contribution in [2.75, 3.05) is 30.2 Å². The van der Waals surface area contributed by atoms with Crippen molar-refractivity contribution in [2.45, 2.75) is 39.2 Å². The molecular weight excluding hydrogens is 497 g/mol. The third kappa shape index (κ3) is 7.89. The molecule has 0 heterocycles. The van der Waals surface area contributed by atoms with Crippen molar-refractivity contribution < 1.29 is 18.0 Å². The molecule has 2 rings (SSSR count). The monoisotopic (exact) mass is 527 g/mol. The van der Waals surface area contributed by atoms with Gasteiger partial charge in [-0.05, 0) is 43.0 Å². The van der Waals surface area contributed by atoms with Gasteiger partial charge in [-0.25, -0.2) is 8.42 Å². The molecule has 0 bridgehead atoms. The van der Waals surface area contributed by atoms with Crippen molar-refractivity contribution in [3.8, 4) is 0 Å². The summed E-state index contributed by atoms with van der Waals surface area (Å²) in [6, 6.07) is 13.2. The Morgan fingerprint density at radius 2 is 1.71 bits per heavy atom. The second-order valence-electron chi connectivity index (χ2n) is 7.91. The average Bonchev–Trinajstić information content (AvgIpc) is 2.80. The summed E-state index contributed by atoms with van der Waals surface area (Å²) in [5.41, 5.74) is 1.23. The predicted molar refractivity (Wildman–Crippen MR) is 138 cm³/mol. The summed E-state index contributed by atoms with van der Waals surface area (Å²) in [6.45, 7) is 4.06. The molecule has 10 heteroatoms. The summed E-state index contributed by atoms with van der Waals surface area (Å²) in [7, 11) is -3.83. The Bertz CT molecular complexity index is 1080. The van der Waals surface area contributed by atoms with Crippen molar-refractivity contribution in [2.24, 2.45) is 0 Å². The van der Waals surface area contributed by atoms with Crippen LogP contribution in [0, 0.1) is 0 Å². The van der Waals surface area contributed by atoms with E-state index in [9.17, 15) is 18.0 Å². The van der Waals surface area contributed by atoms with Gasteiger partial charge in [-0.2, -0.15) is 0 Å². The summed E-state index contributed by atoms with van der Waals surface area (Å²) in [5, 5.41) is 3.29. The fourth-order valence-corrected chi connectivity index (χ4v) is 4.65. The maximum Gasteiger partial charge on any atom is 0.244 e. The lowest BCUT2D eigenvalue weighted by atomic mass is 10.1. The number of hydrogen-bond donors (Lipinski definition) is 1. The minimum absolute atomic E-state index is 0.173. The van der Waals surface area contributed by atoms with Crippen molar-refractivity contribution in [3.63, 3.8) is 0 Å². The number of hydrogen-bond acceptors (Lipinski definition) is 4. The van der Waals surface area contributed by atoms with Gasteiger partial charge in [-0.1, -0.05) is 67.4 Å². The van der Waals surface area contributed by atoms with E-state index in [-0.39, 0.29) is 28.2 Å². The van der Waals surface area contributed by atoms with Crippen LogP contribution in [0.4, 0.5) is 5.69 Å². The first-order valence-corrected chi connectivity index (χ1v) is 13.7. The van der Waals surface area contributed by atoms with Gasteiger partial charge in [0.2, 0.25) is 21.8 Å². The summed E-state index contributed by atoms with van der Waals surface area (Å²) >= 11 is 12.1. The SMILES string of the molecule is CCCNC(=O)[C@H](CC)N(CCc1ccccc1)C(=O)CN(c1ccc(Cl)c(Cl)c1)S(C)(=O)=O. The molecule has 0 unspecified atom stereocenters. The van der Waals surface area contributed by atoms with Crippen LogP contribution in [0.1, 0.15) is 32.3 Å². The molecule has 2 amide bonds. The zero-order chi connectivity index (χ0) is 25.3. The van der Waals surface area contributed by atoms with Crippen LogP contribution in [-0.2, 0) is 26.0 Å². The molecule has 0 aromatic heterocycles. The van der Waals surface area contributed by atoms with Crippen molar-refractivity contribution in [1.82, 2.24) is 10.2 Å². The van der Waals surface area contributed by atoms with Crippen LogP contribution in [0.25, 0.3) is 0 Å². The lowest BCUT2D eigenvalue weighted by Crippen LogP contribution is -2.53. The zero-order valence-electron chi connectivity index (χ0n) is 19.6. The van der Waals surface area contributed by atoms with Gasteiger partial charge >= 0.3 is 0 Å². The number of nitrogens with zero attached hydrogens (tertiary/aromatic N) is 2. The molecule has 7 nitrogen and oxygen atoms in total. The van der Waals surface area contributed by atoms with Gasteiger partial charge in [0.15, 0.2) is 0 Å². The molecule has 0 radical (unpaired) electrons. The third-order valence-electron chi connectivity index (χ3n) is 5.29. The van der Waals surface area contributed by atoms with Crippen LogP contribution in [0.15, 0.2) is 48.5 Å². The minimum Gasteiger partial charge on any atom is -0.354 e. The van der Waals surface area contributed by atoms with E-state index >= 15 is 0 Å². The Labute approximate surface area is 212 Å². The van der Waals surface area contributed by atoms with Gasteiger partial charge in [-0.15, -0.1) is 0 Å². The number of nitrogens with one attached hydrogen (secondary N) is 1. The second-order valence-corrected chi connectivity index (χ2v) is 10.6. The molecule has 1 atom stereocenters. The quantitative estimate of drug-likeness (QED) is 0.449. The highest BCUT2D eigenvalue weighted by molar-refractivity contribution is 7.92. The number of halogens is 2. The van der Waals surface area contributed by atoms with Gasteiger partial charge < -0.3 is 10.2 Å². The number of carbonyl (C=O) groups excluding carboxylic acids is 2. The Morgan fingerprint density at radius 3 is 2.26 bits per heavy atom. The number of anilines is 1. The molecule has 0 fully saturated rings. The van der Waals surface area contributed by atoms with E-state index in [2.05, 4.69) is 5.32 Å². The van der Waals surface area contributed by atoms with Crippen LogP contribution in [-0.4, -0.2) is 57.1 Å². The van der Waals surface area contributed by atoms with Crippen LogP contribution < -0.4 is 9.62 Å². The van der Waals surface area contributed by atoms with Crippen molar-refractivity contribution >= 4 is 50.7 Å². The highest BCUT2D eigenvalue weighted by Gasteiger charge is 2.31. The molecule has 1 N–H and O–H groups in total. The minimum atomic E-state index is -3.83. The molecule has 2 aromatic rings. The lowest BCUT2D eigenvalue weighted by molar-refractivity contribution is -0.139. The summed E-state index contributed by atoms with van der Waals surface area (Å²) in [5.74, 6) is -0.739. The molecular formula is C24H31Cl2N3O4S. The molecule has 0 aliphatic carbocycles. The van der Waals surface area contributed by atoms with Gasteiger partial charge in [-0.3, -0.25) is 13.9 Å². The van der Waals surface area contributed by atoms with Crippen LogP contribution in [0.2, 0.25) is 10.0 Å². The molecule has 0 aliphatic rings. The Hall–Kier alpha value is -2.29. The summed E-state index contributed by atoms with van der Waals surface area (Å²) < 4.78 is 26.1. The van der Waals surface area contributed by atoms with Gasteiger partial charge in [0.1, 0.15) is 12.6 Å². The standard InChI is InChI=1S/C24H31Cl2N3O4S/c1-4-14-27-24(31)22(5-2)28(15-13-18-9-7-6-8-10-18)23(30)17-29(34(3,32)33)19-11-12-20(25)21(26)16-19/h6-12,16,22H,4-5,13-15,17H2,1-3H3,(H,27,31)/t22-/m0/s1. The number of amides is 2. The molecule has 2 aromatic carbocycles. The largest absolute Gasteiger partial charge is 0.354 e. The van der Waals surface area contributed by atoms with E-state index in [0.717, 1.165) is 22.5 Å². The number of sulfonamides is 1. The second kappa shape index (κ2) is 13.0.